The Morgan fingerprint density at radius 2 is 1.83 bits per heavy atom. The summed E-state index contributed by atoms with van der Waals surface area (Å²) in [5.74, 6) is 1.40. The molecule has 0 aliphatic carbocycles. The van der Waals surface area contributed by atoms with Gasteiger partial charge in [-0.3, -0.25) is 0 Å². The van der Waals surface area contributed by atoms with Crippen molar-refractivity contribution in [3.8, 4) is 11.5 Å². The maximum Gasteiger partial charge on any atom is 0.150 e. The van der Waals surface area contributed by atoms with Crippen LogP contribution in [0.25, 0.3) is 0 Å². The van der Waals surface area contributed by atoms with Crippen LogP contribution in [0.3, 0.4) is 0 Å². The third-order valence-corrected chi connectivity index (χ3v) is 3.67. The van der Waals surface area contributed by atoms with Gasteiger partial charge in [-0.1, -0.05) is 51.3 Å². The number of alkyl halides is 1. The molecule has 0 aromatic heterocycles. The lowest BCUT2D eigenvalue weighted by atomic mass is 10.2. The highest BCUT2D eigenvalue weighted by atomic mass is 79.9. The molecule has 0 atom stereocenters. The van der Waals surface area contributed by atoms with Crippen molar-refractivity contribution in [2.24, 2.45) is 0 Å². The quantitative estimate of drug-likeness (QED) is 0.580. The number of rotatable bonds is 3. The first-order valence-electron chi connectivity index (χ1n) is 5.08. The van der Waals surface area contributed by atoms with Crippen LogP contribution in [0.15, 0.2) is 40.9 Å². The fourth-order valence-electron chi connectivity index (χ4n) is 1.44. The lowest BCUT2D eigenvalue weighted by Crippen LogP contribution is -1.91. The minimum Gasteiger partial charge on any atom is -0.454 e. The summed E-state index contributed by atoms with van der Waals surface area (Å²) < 4.78 is 6.63. The number of ether oxygens (including phenoxy) is 1. The summed E-state index contributed by atoms with van der Waals surface area (Å²) in [5, 5.41) is 1.01. The maximum atomic E-state index is 6.11. The second kappa shape index (κ2) is 6.16. The Bertz CT molecular complexity index is 572. The van der Waals surface area contributed by atoms with Crippen LogP contribution >= 0.6 is 50.7 Å². The Balaban J connectivity index is 2.39. The Kier molecular flexibility index (Phi) is 4.79. The molecule has 2 rings (SSSR count). The molecule has 0 heterocycles. The van der Waals surface area contributed by atoms with Gasteiger partial charge in [-0.2, -0.15) is 0 Å². The molecule has 0 saturated carbocycles. The molecule has 0 N–H and O–H groups in total. The van der Waals surface area contributed by atoms with Crippen LogP contribution in [0, 0.1) is 0 Å². The molecule has 0 radical (unpaired) electrons. The Hall–Kier alpha value is -0.410. The highest BCUT2D eigenvalue weighted by Gasteiger charge is 2.11. The Morgan fingerprint density at radius 1 is 1.06 bits per heavy atom. The zero-order valence-electron chi connectivity index (χ0n) is 9.09. The largest absolute Gasteiger partial charge is 0.454 e. The summed E-state index contributed by atoms with van der Waals surface area (Å²) >= 11 is 21.4. The van der Waals surface area contributed by atoms with Gasteiger partial charge in [0.1, 0.15) is 11.5 Å². The number of hydrogen-bond donors (Lipinski definition) is 0. The predicted molar refractivity (Wildman–Crippen MR) is 80.2 cm³/mol. The molecule has 1 nitrogen and oxygen atoms in total. The molecule has 94 valence electrons. The number of benzene rings is 2. The van der Waals surface area contributed by atoms with Crippen molar-refractivity contribution in [3.63, 3.8) is 0 Å². The molecular weight excluding hydrogens is 358 g/mol. The van der Waals surface area contributed by atoms with E-state index in [1.54, 1.807) is 18.2 Å². The van der Waals surface area contributed by atoms with E-state index in [4.69, 9.17) is 39.5 Å². The van der Waals surface area contributed by atoms with Gasteiger partial charge in [-0.15, -0.1) is 11.6 Å². The summed E-state index contributed by atoms with van der Waals surface area (Å²) in [6, 6.07) is 10.8. The molecule has 0 aliphatic heterocycles. The fraction of sp³-hybridized carbons (Fsp3) is 0.0769. The van der Waals surface area contributed by atoms with Gasteiger partial charge in [0.2, 0.25) is 0 Å². The molecule has 0 bridgehead atoms. The Morgan fingerprint density at radius 3 is 2.50 bits per heavy atom. The van der Waals surface area contributed by atoms with Gasteiger partial charge < -0.3 is 4.74 Å². The van der Waals surface area contributed by atoms with Crippen molar-refractivity contribution < 1.29 is 4.74 Å². The third kappa shape index (κ3) is 3.12. The number of hydrogen-bond acceptors (Lipinski definition) is 1. The van der Waals surface area contributed by atoms with E-state index in [0.29, 0.717) is 27.4 Å². The molecule has 0 aliphatic rings. The summed E-state index contributed by atoms with van der Waals surface area (Å²) in [7, 11) is 0. The van der Waals surface area contributed by atoms with E-state index in [0.717, 1.165) is 10.0 Å². The van der Waals surface area contributed by atoms with Gasteiger partial charge >= 0.3 is 0 Å². The van der Waals surface area contributed by atoms with Crippen LogP contribution in [-0.2, 0) is 5.88 Å². The molecule has 0 fully saturated rings. The minimum atomic E-state index is 0.323. The van der Waals surface area contributed by atoms with Gasteiger partial charge in [0.05, 0.1) is 15.9 Å². The van der Waals surface area contributed by atoms with Crippen molar-refractivity contribution in [3.05, 3.63) is 56.5 Å². The zero-order chi connectivity index (χ0) is 13.1. The first kappa shape index (κ1) is 14.0. The first-order valence-corrected chi connectivity index (χ1v) is 7.16. The van der Waals surface area contributed by atoms with Gasteiger partial charge in [0, 0.05) is 10.0 Å². The second-order valence-corrected chi connectivity index (χ2v) is 5.54. The van der Waals surface area contributed by atoms with Crippen molar-refractivity contribution in [2.75, 3.05) is 0 Å². The maximum absolute atomic E-state index is 6.11. The fourth-order valence-corrected chi connectivity index (χ4v) is 2.60. The van der Waals surface area contributed by atoms with Crippen molar-refractivity contribution in [1.29, 1.82) is 0 Å². The predicted octanol–water partition coefficient (Wildman–Crippen LogP) is 6.29. The van der Waals surface area contributed by atoms with Crippen LogP contribution in [0.4, 0.5) is 0 Å². The first-order chi connectivity index (χ1) is 8.61. The van der Waals surface area contributed by atoms with Gasteiger partial charge in [0.25, 0.3) is 0 Å². The lowest BCUT2D eigenvalue weighted by Gasteiger charge is -2.12. The molecule has 0 spiro atoms. The molecule has 5 heteroatoms. The standard InChI is InChI=1S/C13H8BrCl3O/c14-9-4-5-12(11(17)6-9)18-13-8(7-15)2-1-3-10(13)16/h1-6H,7H2. The highest BCUT2D eigenvalue weighted by Crippen LogP contribution is 2.37. The topological polar surface area (TPSA) is 9.23 Å². The van der Waals surface area contributed by atoms with E-state index in [9.17, 15) is 0 Å². The smallest absolute Gasteiger partial charge is 0.150 e. The molecule has 0 saturated heterocycles. The van der Waals surface area contributed by atoms with Gasteiger partial charge in [-0.25, -0.2) is 0 Å². The highest BCUT2D eigenvalue weighted by molar-refractivity contribution is 9.10. The van der Waals surface area contributed by atoms with Gasteiger partial charge in [-0.05, 0) is 24.3 Å². The van der Waals surface area contributed by atoms with E-state index in [1.807, 2.05) is 18.2 Å². The second-order valence-electron chi connectivity index (χ2n) is 3.54. The molecular formula is C13H8BrCl3O. The number of para-hydroxylation sites is 1. The number of halogens is 4. The lowest BCUT2D eigenvalue weighted by molar-refractivity contribution is 0.479. The average Bonchev–Trinajstić information content (AvgIpc) is 2.34. The minimum absolute atomic E-state index is 0.323. The summed E-state index contributed by atoms with van der Waals surface area (Å²) in [6.07, 6.45) is 0. The van der Waals surface area contributed by atoms with E-state index >= 15 is 0 Å². The molecule has 0 amide bonds. The van der Waals surface area contributed by atoms with Crippen molar-refractivity contribution in [1.82, 2.24) is 0 Å². The summed E-state index contributed by atoms with van der Waals surface area (Å²) in [6.45, 7) is 0. The molecule has 18 heavy (non-hydrogen) atoms. The third-order valence-electron chi connectivity index (χ3n) is 2.30. The Labute approximate surface area is 129 Å². The van der Waals surface area contributed by atoms with E-state index in [1.165, 1.54) is 0 Å². The van der Waals surface area contributed by atoms with E-state index in [-0.39, 0.29) is 0 Å². The monoisotopic (exact) mass is 364 g/mol. The molecule has 0 unspecified atom stereocenters. The van der Waals surface area contributed by atoms with Gasteiger partial charge in [0.15, 0.2) is 0 Å². The summed E-state index contributed by atoms with van der Waals surface area (Å²) in [5.41, 5.74) is 0.822. The van der Waals surface area contributed by atoms with Crippen molar-refractivity contribution >= 4 is 50.7 Å². The average molecular weight is 366 g/mol. The molecule has 2 aromatic rings. The normalized spacial score (nSPS) is 10.4. The van der Waals surface area contributed by atoms with Crippen LogP contribution < -0.4 is 4.74 Å². The summed E-state index contributed by atoms with van der Waals surface area (Å²) in [4.78, 5) is 0. The van der Waals surface area contributed by atoms with Crippen LogP contribution in [0.5, 0.6) is 11.5 Å². The molecule has 2 aromatic carbocycles. The zero-order valence-corrected chi connectivity index (χ0v) is 12.9. The van der Waals surface area contributed by atoms with Crippen molar-refractivity contribution in [2.45, 2.75) is 5.88 Å². The van der Waals surface area contributed by atoms with Crippen LogP contribution in [0.2, 0.25) is 10.0 Å². The van der Waals surface area contributed by atoms with Crippen LogP contribution in [0.1, 0.15) is 5.56 Å². The van der Waals surface area contributed by atoms with Crippen LogP contribution in [-0.4, -0.2) is 0 Å². The SMILES string of the molecule is ClCc1cccc(Cl)c1Oc1ccc(Br)cc1Cl. The van der Waals surface area contributed by atoms with E-state index in [2.05, 4.69) is 15.9 Å². The van der Waals surface area contributed by atoms with E-state index < -0.39 is 0 Å².